The van der Waals surface area contributed by atoms with Crippen LogP contribution in [0.2, 0.25) is 10.4 Å². The first-order chi connectivity index (χ1) is 21.7. The minimum absolute atomic E-state index is 0.0279. The average molecular weight is 681 g/mol. The number of hydrogen-bond donors (Lipinski definition) is 0. The van der Waals surface area contributed by atoms with Gasteiger partial charge >= 0.3 is 284 Å². The van der Waals surface area contributed by atoms with E-state index in [4.69, 9.17) is 23.2 Å². The third-order valence-electron chi connectivity index (χ3n) is 8.88. The van der Waals surface area contributed by atoms with Gasteiger partial charge in [-0.3, -0.25) is 0 Å². The number of aromatic nitrogens is 2. The Labute approximate surface area is 283 Å². The molecule has 0 radical (unpaired) electrons. The monoisotopic (exact) mass is 679 g/mol. The third-order valence-corrected chi connectivity index (χ3v) is 13.3. The van der Waals surface area contributed by atoms with Crippen LogP contribution in [0, 0.1) is 0 Å². The van der Waals surface area contributed by atoms with Crippen LogP contribution in [0.1, 0.15) is 101 Å². The quantitative estimate of drug-likeness (QED) is 0.108. The Bertz CT molecular complexity index is 1770. The molecule has 1 heterocycles. The Hall–Kier alpha value is -3.04. The summed E-state index contributed by atoms with van der Waals surface area (Å²) in [6, 6.07) is 28.4. The summed E-state index contributed by atoms with van der Waals surface area (Å²) < 4.78 is 41.4. The molecular formula is C39H44Cl2F2N2P+. The van der Waals surface area contributed by atoms with Crippen molar-refractivity contribution in [2.24, 2.45) is 0 Å². The van der Waals surface area contributed by atoms with Crippen LogP contribution in [0.3, 0.4) is 0 Å². The van der Waals surface area contributed by atoms with E-state index < -0.39 is 7.22 Å². The maximum absolute atomic E-state index is 19.1. The fourth-order valence-electron chi connectivity index (χ4n) is 6.50. The molecule has 0 aliphatic rings. The van der Waals surface area contributed by atoms with E-state index in [0.717, 1.165) is 27.9 Å². The molecule has 0 saturated carbocycles. The Morgan fingerprint density at radius 1 is 0.543 bits per heavy atom. The van der Waals surface area contributed by atoms with Crippen LogP contribution < -0.4 is 20.6 Å². The molecule has 0 aliphatic heterocycles. The molecule has 0 saturated heterocycles. The fraction of sp³-hybridized carbons (Fsp3) is 0.308. The van der Waals surface area contributed by atoms with Gasteiger partial charge in [0.1, 0.15) is 0 Å². The van der Waals surface area contributed by atoms with E-state index in [1.54, 1.807) is 45.5 Å². The Balaban J connectivity index is 2.13. The van der Waals surface area contributed by atoms with Crippen molar-refractivity contribution < 1.29 is 13.0 Å². The van der Waals surface area contributed by atoms with Gasteiger partial charge in [0.25, 0.3) is 0 Å². The summed E-state index contributed by atoms with van der Waals surface area (Å²) in [5.74, 6) is 0.229. The van der Waals surface area contributed by atoms with Crippen molar-refractivity contribution in [1.82, 2.24) is 4.57 Å². The molecule has 0 aliphatic carbocycles. The maximum atomic E-state index is 19.1. The molecule has 1 aromatic heterocycles. The summed E-state index contributed by atoms with van der Waals surface area (Å²) in [6.07, 6.45) is 0. The van der Waals surface area contributed by atoms with Crippen molar-refractivity contribution in [3.05, 3.63) is 130 Å². The molecule has 0 amide bonds. The summed E-state index contributed by atoms with van der Waals surface area (Å²) in [5.41, 5.74) is 4.99. The summed E-state index contributed by atoms with van der Waals surface area (Å²) in [5, 5.41) is -0.0955. The van der Waals surface area contributed by atoms with Crippen molar-refractivity contribution in [2.45, 2.75) is 79.1 Å². The van der Waals surface area contributed by atoms with E-state index in [2.05, 4.69) is 55.4 Å². The Morgan fingerprint density at radius 3 is 1.28 bits per heavy atom. The van der Waals surface area contributed by atoms with Crippen molar-refractivity contribution in [1.29, 1.82) is 0 Å². The molecule has 0 fully saturated rings. The first kappa shape index (κ1) is 34.3. The van der Waals surface area contributed by atoms with Gasteiger partial charge < -0.3 is 0 Å². The normalized spacial score (nSPS) is 13.2. The molecule has 242 valence electrons. The summed E-state index contributed by atoms with van der Waals surface area (Å²) in [6.45, 7) is 16.7. The van der Waals surface area contributed by atoms with Crippen molar-refractivity contribution in [2.75, 3.05) is 0 Å². The predicted molar refractivity (Wildman–Crippen MR) is 195 cm³/mol. The fourth-order valence-corrected chi connectivity index (χ4v) is 10.8. The van der Waals surface area contributed by atoms with Gasteiger partial charge in [0.05, 0.1) is 0 Å². The first-order valence-electron chi connectivity index (χ1n) is 16.1. The molecule has 4 aromatic carbocycles. The van der Waals surface area contributed by atoms with Crippen LogP contribution in [0.25, 0.3) is 11.4 Å². The van der Waals surface area contributed by atoms with E-state index >= 15 is 8.39 Å². The second-order valence-electron chi connectivity index (χ2n) is 13.3. The first-order valence-corrected chi connectivity index (χ1v) is 18.8. The number of nitrogens with zero attached hydrogens (tertiary/aromatic N) is 2. The van der Waals surface area contributed by atoms with Crippen molar-refractivity contribution in [3.63, 3.8) is 0 Å². The zero-order valence-corrected chi connectivity index (χ0v) is 30.3. The van der Waals surface area contributed by atoms with E-state index in [1.165, 1.54) is 24.3 Å². The molecule has 5 aromatic rings. The third kappa shape index (κ3) is 5.51. The predicted octanol–water partition coefficient (Wildman–Crippen LogP) is 11.2. The SMILES string of the molecule is CC(C)c1cccc(C(C)C)c1-n1c(P(F)(F)(c2ccccc2)c2ccccc2)c(Cl)[n+](-c2c(C(C)C)cccc2C(C)C)c1Cl. The number of hydrogen-bond acceptors (Lipinski definition) is 0. The zero-order valence-electron chi connectivity index (χ0n) is 27.9. The van der Waals surface area contributed by atoms with E-state index in [9.17, 15) is 0 Å². The molecular weight excluding hydrogens is 636 g/mol. The van der Waals surface area contributed by atoms with E-state index in [-0.39, 0.29) is 50.2 Å². The van der Waals surface area contributed by atoms with Gasteiger partial charge in [-0.2, -0.15) is 0 Å². The van der Waals surface area contributed by atoms with Gasteiger partial charge in [0.2, 0.25) is 0 Å². The van der Waals surface area contributed by atoms with Gasteiger partial charge in [-0.25, -0.2) is 0 Å². The number of halogens is 4. The van der Waals surface area contributed by atoms with E-state index in [1.807, 2.05) is 36.4 Å². The number of benzene rings is 4. The van der Waals surface area contributed by atoms with Gasteiger partial charge in [0, 0.05) is 0 Å². The summed E-state index contributed by atoms with van der Waals surface area (Å²) in [4.78, 5) is 0. The Kier molecular flexibility index (Phi) is 9.60. The van der Waals surface area contributed by atoms with Crippen molar-refractivity contribution >= 4 is 46.5 Å². The van der Waals surface area contributed by atoms with E-state index in [0.29, 0.717) is 5.69 Å². The molecule has 46 heavy (non-hydrogen) atoms. The van der Waals surface area contributed by atoms with Crippen LogP contribution in [0.15, 0.2) is 97.1 Å². The molecule has 7 heteroatoms. The molecule has 0 atom stereocenters. The van der Waals surface area contributed by atoms with Crippen LogP contribution in [-0.2, 0) is 0 Å². The Morgan fingerprint density at radius 2 is 0.913 bits per heavy atom. The number of para-hydroxylation sites is 2. The van der Waals surface area contributed by atoms with Gasteiger partial charge in [0.15, 0.2) is 0 Å². The number of rotatable bonds is 9. The molecule has 0 bridgehead atoms. The molecule has 2 nitrogen and oxygen atoms in total. The molecule has 5 rings (SSSR count). The molecule has 0 unspecified atom stereocenters. The van der Waals surface area contributed by atoms with Crippen molar-refractivity contribution in [3.8, 4) is 11.4 Å². The topological polar surface area (TPSA) is 8.81 Å². The van der Waals surface area contributed by atoms with Crippen LogP contribution in [-0.4, -0.2) is 4.57 Å². The summed E-state index contributed by atoms with van der Waals surface area (Å²) in [7, 11) is -6.30. The van der Waals surface area contributed by atoms with Gasteiger partial charge in [-0.15, -0.1) is 0 Å². The zero-order chi connectivity index (χ0) is 33.6. The van der Waals surface area contributed by atoms with Gasteiger partial charge in [-0.1, -0.05) is 0 Å². The van der Waals surface area contributed by atoms with Crippen LogP contribution >= 0.6 is 30.4 Å². The molecule has 0 N–H and O–H groups in total. The standard InChI is InChI=1S/C39H44Cl2F2N2P/c1-25(2)31-21-15-22-32(26(3)4)35(31)44-37(40)38(45(39(44)41)36-33(27(5)6)23-16-24-34(36)28(7)8)46(42,43,29-17-11-9-12-18-29)30-19-13-10-14-20-30/h9-28H,1-8H3/q+1. The second kappa shape index (κ2) is 12.9. The number of imidazole rings is 1. The minimum atomic E-state index is -6.30. The van der Waals surface area contributed by atoms with Crippen LogP contribution in [0.5, 0.6) is 0 Å². The van der Waals surface area contributed by atoms with Crippen LogP contribution in [0.4, 0.5) is 8.39 Å². The second-order valence-corrected chi connectivity index (χ2v) is 17.3. The average Bonchev–Trinajstić information content (AvgIpc) is 3.30. The van der Waals surface area contributed by atoms with Gasteiger partial charge in [-0.05, 0) is 0 Å². The molecule has 0 spiro atoms. The summed E-state index contributed by atoms with van der Waals surface area (Å²) >= 11 is 15.1.